The van der Waals surface area contributed by atoms with Gasteiger partial charge in [0.25, 0.3) is 0 Å². The maximum Gasteiger partial charge on any atom is 0.306 e. The Hall–Kier alpha value is -2.11. The van der Waals surface area contributed by atoms with E-state index < -0.39 is 6.10 Å². The maximum absolute atomic E-state index is 12.9. The van der Waals surface area contributed by atoms with E-state index in [2.05, 4.69) is 45.1 Å². The van der Waals surface area contributed by atoms with Gasteiger partial charge in [0.15, 0.2) is 6.10 Å². The third kappa shape index (κ3) is 66.6. The molecule has 1 atom stereocenters. The standard InChI is InChI=1S/C73H138O6/c1-4-7-10-13-16-19-21-23-25-27-29-31-32-33-34-35-36-37-38-39-40-42-43-45-47-49-51-54-57-60-63-66-72(75)78-69-70(68-77-71(74)65-62-59-56-53-18-15-12-9-6-3)79-73(76)67-64-61-58-55-52-50-48-46-44-41-30-28-26-24-22-20-17-14-11-8-5-2/h21,23,27,29,70H,4-20,22,24-26,28,30-69H2,1-3H3/b23-21-,29-27-. The van der Waals surface area contributed by atoms with Crippen LogP contribution in [0.1, 0.15) is 406 Å². The highest BCUT2D eigenvalue weighted by Gasteiger charge is 2.19. The van der Waals surface area contributed by atoms with Gasteiger partial charge in [-0.25, -0.2) is 0 Å². The van der Waals surface area contributed by atoms with Gasteiger partial charge in [-0.3, -0.25) is 14.4 Å². The predicted octanol–water partition coefficient (Wildman–Crippen LogP) is 24.6. The molecule has 0 fully saturated rings. The highest BCUT2D eigenvalue weighted by Crippen LogP contribution is 2.19. The van der Waals surface area contributed by atoms with E-state index in [-0.39, 0.29) is 31.1 Å². The fraction of sp³-hybridized carbons (Fsp3) is 0.904. The van der Waals surface area contributed by atoms with E-state index in [4.69, 9.17) is 14.2 Å². The fourth-order valence-electron chi connectivity index (χ4n) is 11.1. The molecule has 6 nitrogen and oxygen atoms in total. The molecule has 0 aromatic carbocycles. The summed E-state index contributed by atoms with van der Waals surface area (Å²) in [4.78, 5) is 38.3. The molecular weight excluding hydrogens is 973 g/mol. The monoisotopic (exact) mass is 1110 g/mol. The lowest BCUT2D eigenvalue weighted by atomic mass is 10.0. The molecule has 466 valence electrons. The van der Waals surface area contributed by atoms with E-state index in [0.717, 1.165) is 64.2 Å². The van der Waals surface area contributed by atoms with Crippen LogP contribution in [0.5, 0.6) is 0 Å². The molecule has 0 saturated heterocycles. The first kappa shape index (κ1) is 76.9. The molecule has 6 heteroatoms. The first-order valence-electron chi connectivity index (χ1n) is 35.8. The van der Waals surface area contributed by atoms with Gasteiger partial charge in [0, 0.05) is 19.3 Å². The summed E-state index contributed by atoms with van der Waals surface area (Å²) in [7, 11) is 0. The smallest absolute Gasteiger partial charge is 0.306 e. The zero-order valence-electron chi connectivity index (χ0n) is 53.7. The van der Waals surface area contributed by atoms with Crippen molar-refractivity contribution in [2.75, 3.05) is 13.2 Å². The van der Waals surface area contributed by atoms with Crippen LogP contribution in [0.3, 0.4) is 0 Å². The topological polar surface area (TPSA) is 78.9 Å². The minimum atomic E-state index is -0.765. The van der Waals surface area contributed by atoms with Crippen molar-refractivity contribution in [3.05, 3.63) is 24.3 Å². The zero-order valence-corrected chi connectivity index (χ0v) is 53.7. The first-order chi connectivity index (χ1) is 39.0. The average molecular weight is 1110 g/mol. The van der Waals surface area contributed by atoms with Crippen LogP contribution in [0.2, 0.25) is 0 Å². The molecule has 0 radical (unpaired) electrons. The minimum Gasteiger partial charge on any atom is -0.462 e. The number of hydrogen-bond acceptors (Lipinski definition) is 6. The van der Waals surface area contributed by atoms with Gasteiger partial charge in [-0.1, -0.05) is 360 Å². The summed E-state index contributed by atoms with van der Waals surface area (Å²) in [5, 5.41) is 0. The Bertz CT molecular complexity index is 1270. The zero-order chi connectivity index (χ0) is 57.1. The van der Waals surface area contributed by atoms with Gasteiger partial charge in [-0.2, -0.15) is 0 Å². The van der Waals surface area contributed by atoms with Crippen LogP contribution in [0.15, 0.2) is 24.3 Å². The highest BCUT2D eigenvalue weighted by molar-refractivity contribution is 5.71. The Morgan fingerprint density at radius 2 is 0.456 bits per heavy atom. The molecular formula is C73H138O6. The van der Waals surface area contributed by atoms with E-state index >= 15 is 0 Å². The molecule has 0 heterocycles. The van der Waals surface area contributed by atoms with Crippen molar-refractivity contribution >= 4 is 17.9 Å². The van der Waals surface area contributed by atoms with E-state index in [1.54, 1.807) is 0 Å². The normalized spacial score (nSPS) is 12.1. The number of carbonyl (C=O) groups excluding carboxylic acids is 3. The number of ether oxygens (including phenoxy) is 3. The van der Waals surface area contributed by atoms with Gasteiger partial charge in [0.2, 0.25) is 0 Å². The van der Waals surface area contributed by atoms with Crippen LogP contribution in [0.4, 0.5) is 0 Å². The van der Waals surface area contributed by atoms with Crippen molar-refractivity contribution in [2.24, 2.45) is 0 Å². The number of hydrogen-bond donors (Lipinski definition) is 0. The molecule has 0 aliphatic rings. The molecule has 0 aliphatic heterocycles. The quantitative estimate of drug-likeness (QED) is 0.0261. The summed E-state index contributed by atoms with van der Waals surface area (Å²) in [5.41, 5.74) is 0. The summed E-state index contributed by atoms with van der Waals surface area (Å²) < 4.78 is 16.9. The molecule has 0 spiro atoms. The fourth-order valence-corrected chi connectivity index (χ4v) is 11.1. The Balaban J connectivity index is 4.05. The molecule has 79 heavy (non-hydrogen) atoms. The SMILES string of the molecule is CCCCCCC/C=C\C/C=C\CCCCCCCCCCCCCCCCCCCCCC(=O)OCC(COC(=O)CCCCCCCCCCC)OC(=O)CCCCCCCCCCCCCCCCCCCCCCC. The van der Waals surface area contributed by atoms with Crippen LogP contribution in [0.25, 0.3) is 0 Å². The van der Waals surface area contributed by atoms with E-state index in [1.807, 2.05) is 0 Å². The van der Waals surface area contributed by atoms with Crippen molar-refractivity contribution in [3.63, 3.8) is 0 Å². The van der Waals surface area contributed by atoms with Crippen molar-refractivity contribution in [3.8, 4) is 0 Å². The Labute approximate surface area is 493 Å². The molecule has 0 bridgehead atoms. The molecule has 0 N–H and O–H groups in total. The van der Waals surface area contributed by atoms with E-state index in [9.17, 15) is 14.4 Å². The molecule has 0 aliphatic carbocycles. The van der Waals surface area contributed by atoms with Gasteiger partial charge in [-0.15, -0.1) is 0 Å². The lowest BCUT2D eigenvalue weighted by Crippen LogP contribution is -2.30. The predicted molar refractivity (Wildman–Crippen MR) is 344 cm³/mol. The van der Waals surface area contributed by atoms with Gasteiger partial charge in [0.05, 0.1) is 0 Å². The minimum absolute atomic E-state index is 0.0635. The maximum atomic E-state index is 12.9. The number of esters is 3. The van der Waals surface area contributed by atoms with Crippen LogP contribution < -0.4 is 0 Å². The summed E-state index contributed by atoms with van der Waals surface area (Å²) in [5.74, 6) is -0.834. The largest absolute Gasteiger partial charge is 0.462 e. The first-order valence-corrected chi connectivity index (χ1v) is 35.8. The van der Waals surface area contributed by atoms with E-state index in [0.29, 0.717) is 19.3 Å². The average Bonchev–Trinajstić information content (AvgIpc) is 3.45. The molecule has 0 amide bonds. The number of allylic oxidation sites excluding steroid dienone is 4. The second-order valence-corrected chi connectivity index (χ2v) is 24.5. The Kier molecular flexibility index (Phi) is 66.6. The van der Waals surface area contributed by atoms with Crippen LogP contribution >= 0.6 is 0 Å². The second kappa shape index (κ2) is 68.4. The van der Waals surface area contributed by atoms with Crippen molar-refractivity contribution < 1.29 is 28.6 Å². The van der Waals surface area contributed by atoms with Gasteiger partial charge >= 0.3 is 17.9 Å². The second-order valence-electron chi connectivity index (χ2n) is 24.5. The number of rotatable bonds is 67. The van der Waals surface area contributed by atoms with Gasteiger partial charge in [0.1, 0.15) is 13.2 Å². The van der Waals surface area contributed by atoms with Crippen molar-refractivity contribution in [1.29, 1.82) is 0 Å². The molecule has 0 saturated carbocycles. The third-order valence-corrected chi connectivity index (χ3v) is 16.5. The van der Waals surface area contributed by atoms with Gasteiger partial charge < -0.3 is 14.2 Å². The molecule has 0 aromatic rings. The van der Waals surface area contributed by atoms with Gasteiger partial charge in [-0.05, 0) is 51.4 Å². The Morgan fingerprint density at radius 3 is 0.696 bits per heavy atom. The summed E-state index contributed by atoms with van der Waals surface area (Å²) in [6.07, 6.45) is 83.8. The lowest BCUT2D eigenvalue weighted by molar-refractivity contribution is -0.167. The summed E-state index contributed by atoms with van der Waals surface area (Å²) in [6.45, 7) is 6.69. The summed E-state index contributed by atoms with van der Waals surface area (Å²) in [6, 6.07) is 0. The Morgan fingerprint density at radius 1 is 0.253 bits per heavy atom. The van der Waals surface area contributed by atoms with Crippen LogP contribution in [0, 0.1) is 0 Å². The number of unbranched alkanes of at least 4 members (excludes halogenated alkanes) is 52. The molecule has 1 unspecified atom stereocenters. The van der Waals surface area contributed by atoms with Crippen molar-refractivity contribution in [2.45, 2.75) is 412 Å². The lowest BCUT2D eigenvalue weighted by Gasteiger charge is -2.18. The molecule has 0 rings (SSSR count). The van der Waals surface area contributed by atoms with Crippen LogP contribution in [-0.4, -0.2) is 37.2 Å². The molecule has 0 aromatic heterocycles. The number of carbonyl (C=O) groups is 3. The van der Waals surface area contributed by atoms with Crippen molar-refractivity contribution in [1.82, 2.24) is 0 Å². The summed E-state index contributed by atoms with van der Waals surface area (Å²) >= 11 is 0. The van der Waals surface area contributed by atoms with Crippen LogP contribution in [-0.2, 0) is 28.6 Å². The highest BCUT2D eigenvalue weighted by atomic mass is 16.6. The van der Waals surface area contributed by atoms with E-state index in [1.165, 1.54) is 302 Å². The third-order valence-electron chi connectivity index (χ3n) is 16.5.